The van der Waals surface area contributed by atoms with Crippen molar-refractivity contribution in [1.29, 1.82) is 0 Å². The predicted molar refractivity (Wildman–Crippen MR) is 5.97 cm³/mol. The van der Waals surface area contributed by atoms with Crippen molar-refractivity contribution in [3.63, 3.8) is 0 Å². The van der Waals surface area contributed by atoms with E-state index in [1.807, 2.05) is 0 Å². The predicted octanol–water partition coefficient (Wildman–Crippen LogP) is 0.593. The molecule has 0 aliphatic carbocycles. The molecule has 0 radical (unpaired) electrons. The van der Waals surface area contributed by atoms with Crippen molar-refractivity contribution in [3.05, 3.63) is 6.15 Å². The summed E-state index contributed by atoms with van der Waals surface area (Å²) >= 11 is 0.700. The van der Waals surface area contributed by atoms with Gasteiger partial charge < -0.3 is 6.15 Å². The van der Waals surface area contributed by atoms with Gasteiger partial charge in [-0.05, 0) is 0 Å². The fourth-order valence-corrected chi connectivity index (χ4v) is 0. The molecule has 26 valence electrons. The molecule has 0 unspecified atom stereocenters. The van der Waals surface area contributed by atoms with Crippen LogP contribution in [-0.2, 0) is 44.2 Å². The Labute approximate surface area is 50.4 Å². The molecule has 0 rings (SSSR count). The second-order valence-corrected chi connectivity index (χ2v) is 0. The van der Waals surface area contributed by atoms with Gasteiger partial charge in [0.05, 0.1) is 0 Å². The molecule has 0 aliphatic heterocycles. The Hall–Kier alpha value is 1.14. The fourth-order valence-electron chi connectivity index (χ4n) is 0. The van der Waals surface area contributed by atoms with Crippen molar-refractivity contribution in [2.45, 2.75) is 0 Å². The van der Waals surface area contributed by atoms with Crippen molar-refractivity contribution in [2.75, 3.05) is 0 Å². The van der Waals surface area contributed by atoms with Crippen LogP contribution in [0.1, 0.15) is 0 Å². The third-order valence-corrected chi connectivity index (χ3v) is 0. The molecule has 2 N–H and O–H groups in total. The van der Waals surface area contributed by atoms with Gasteiger partial charge in [0.25, 0.3) is 0 Å². The Kier molecular flexibility index (Phi) is 152. The quantitative estimate of drug-likeness (QED) is 0.555. The molecule has 0 spiro atoms. The molecule has 2 nitrogen and oxygen atoms in total. The summed E-state index contributed by atoms with van der Waals surface area (Å²) in [5, 5.41) is 0. The van der Waals surface area contributed by atoms with E-state index in [4.69, 9.17) is 3.40 Å². The number of nitrogens with two attached hydrogens (primary N) is 1. The van der Waals surface area contributed by atoms with Crippen LogP contribution in [0.2, 0.25) is 0 Å². The van der Waals surface area contributed by atoms with E-state index in [1.54, 1.807) is 0 Å². The maximum absolute atomic E-state index is 8.26. The van der Waals surface area contributed by atoms with E-state index in [0.717, 1.165) is 0 Å². The Morgan fingerprint density at radius 2 is 1.25 bits per heavy atom. The zero-order chi connectivity index (χ0) is 2.00. The molecule has 0 saturated heterocycles. The molecule has 0 amide bonds. The minimum absolute atomic E-state index is 0. The van der Waals surface area contributed by atoms with Gasteiger partial charge in [0.2, 0.25) is 0 Å². The second kappa shape index (κ2) is 31.5. The van der Waals surface area contributed by atoms with Gasteiger partial charge in [-0.3, -0.25) is 0 Å². The zero-order valence-electron chi connectivity index (χ0n) is 1.80. The monoisotopic (exact) mass is 228 g/mol. The molecule has 0 fully saturated rings. The summed E-state index contributed by atoms with van der Waals surface area (Å²) in [6, 6.07) is 0. The SMILES string of the molecule is [Mo].[NH2-].[O]=[Mo]. The van der Waals surface area contributed by atoms with Crippen LogP contribution in [0.4, 0.5) is 0 Å². The van der Waals surface area contributed by atoms with Crippen molar-refractivity contribution >= 4 is 0 Å². The molecule has 0 aliphatic rings. The Morgan fingerprint density at radius 1 is 1.25 bits per heavy atom. The van der Waals surface area contributed by atoms with E-state index >= 15 is 0 Å². The number of rotatable bonds is 0. The molecule has 4 heavy (non-hydrogen) atoms. The van der Waals surface area contributed by atoms with Crippen molar-refractivity contribution in [1.82, 2.24) is 0 Å². The molecule has 0 aromatic heterocycles. The summed E-state index contributed by atoms with van der Waals surface area (Å²) in [6.07, 6.45) is 0. The summed E-state index contributed by atoms with van der Waals surface area (Å²) in [7, 11) is 0. The van der Waals surface area contributed by atoms with Crippen molar-refractivity contribution < 1.29 is 44.2 Å². The van der Waals surface area contributed by atoms with Gasteiger partial charge in [0.15, 0.2) is 0 Å². The molecule has 4 heteroatoms. The number of hydrogen-bond donors (Lipinski definition) is 0. The minimum atomic E-state index is 0. The summed E-state index contributed by atoms with van der Waals surface area (Å²) < 4.78 is 8.26. The van der Waals surface area contributed by atoms with Crippen LogP contribution >= 0.6 is 0 Å². The van der Waals surface area contributed by atoms with Gasteiger partial charge in [-0.25, -0.2) is 0 Å². The summed E-state index contributed by atoms with van der Waals surface area (Å²) in [6.45, 7) is 0. The molecular weight excluding hydrogens is 222 g/mol. The second-order valence-electron chi connectivity index (χ2n) is 0. The Balaban J connectivity index is -0.00000000500. The van der Waals surface area contributed by atoms with Gasteiger partial charge in [-0.2, -0.15) is 0 Å². The normalized spacial score (nSPS) is 1.00. The molecular formula is H2Mo2NO-. The topological polar surface area (TPSA) is 50.6 Å². The van der Waals surface area contributed by atoms with Crippen molar-refractivity contribution in [2.24, 2.45) is 0 Å². The fraction of sp³-hybridized carbons (Fsp3) is 0. The van der Waals surface area contributed by atoms with E-state index in [-0.39, 0.29) is 27.2 Å². The van der Waals surface area contributed by atoms with Crippen molar-refractivity contribution in [3.8, 4) is 0 Å². The van der Waals surface area contributed by atoms with Crippen LogP contribution in [0.15, 0.2) is 0 Å². The number of hydrogen-bond acceptors (Lipinski definition) is 1. The van der Waals surface area contributed by atoms with Crippen LogP contribution in [0.5, 0.6) is 0 Å². The molecule has 0 bridgehead atoms. The summed E-state index contributed by atoms with van der Waals surface area (Å²) in [5.74, 6) is 0. The average Bonchev–Trinajstić information content (AvgIpc) is 1.00. The zero-order valence-corrected chi connectivity index (χ0v) is 5.82. The first-order chi connectivity index (χ1) is 1.00. The van der Waals surface area contributed by atoms with Gasteiger partial charge in [0, 0.05) is 21.1 Å². The molecule has 0 heterocycles. The first-order valence-corrected chi connectivity index (χ1v) is 0.986. The first-order valence-electron chi connectivity index (χ1n) is 0.167. The van der Waals surface area contributed by atoms with E-state index in [1.165, 1.54) is 0 Å². The standard InChI is InChI=1S/2Mo.H2N.O/h;;1H2;/q;;-1;. The van der Waals surface area contributed by atoms with Gasteiger partial charge in [0.1, 0.15) is 0 Å². The third kappa shape index (κ3) is 11.1. The van der Waals surface area contributed by atoms with E-state index in [2.05, 4.69) is 0 Å². The van der Waals surface area contributed by atoms with Crippen LogP contribution in [0.3, 0.4) is 0 Å². The Bertz CT molecular complexity index is 6.00. The van der Waals surface area contributed by atoms with Crippen LogP contribution < -0.4 is 0 Å². The van der Waals surface area contributed by atoms with Gasteiger partial charge in [-0.1, -0.05) is 0 Å². The summed E-state index contributed by atoms with van der Waals surface area (Å²) in [5.41, 5.74) is 0. The van der Waals surface area contributed by atoms with E-state index in [0.29, 0.717) is 19.8 Å². The van der Waals surface area contributed by atoms with Crippen LogP contribution in [0.25, 0.3) is 6.15 Å². The van der Waals surface area contributed by atoms with Gasteiger partial charge in [-0.15, -0.1) is 0 Å². The first kappa shape index (κ1) is 19.3. The molecule has 0 saturated carbocycles. The molecule has 0 aromatic rings. The van der Waals surface area contributed by atoms with Gasteiger partial charge >= 0.3 is 23.2 Å². The average molecular weight is 224 g/mol. The van der Waals surface area contributed by atoms with E-state index < -0.39 is 0 Å². The van der Waals surface area contributed by atoms with E-state index in [9.17, 15) is 0 Å². The van der Waals surface area contributed by atoms with Crippen LogP contribution in [0, 0.1) is 0 Å². The molecule has 0 atom stereocenters. The van der Waals surface area contributed by atoms with Crippen LogP contribution in [-0.4, -0.2) is 0 Å². The Morgan fingerprint density at radius 3 is 1.25 bits per heavy atom. The summed E-state index contributed by atoms with van der Waals surface area (Å²) in [4.78, 5) is 0. The molecule has 0 aromatic carbocycles. The maximum atomic E-state index is 8.26. The third-order valence-electron chi connectivity index (χ3n) is 0.